The Hall–Kier alpha value is -4.85. The van der Waals surface area contributed by atoms with Crippen molar-refractivity contribution < 1.29 is 28.3 Å². The second kappa shape index (κ2) is 12.3. The Balaban J connectivity index is 1.29. The molecule has 2 aromatic heterocycles. The summed E-state index contributed by atoms with van der Waals surface area (Å²) in [5.74, 6) is -1.09. The molecule has 0 saturated carbocycles. The summed E-state index contributed by atoms with van der Waals surface area (Å²) >= 11 is 5.83. The Bertz CT molecular complexity index is 1660. The van der Waals surface area contributed by atoms with Gasteiger partial charge in [0.25, 0.3) is 0 Å². The smallest absolute Gasteiger partial charge is 0.410 e. The number of hydrogen-bond acceptors (Lipinski definition) is 8. The number of benzene rings is 2. The van der Waals surface area contributed by atoms with Gasteiger partial charge in [0.1, 0.15) is 24.2 Å². The molecule has 0 unspecified atom stereocenters. The molecular weight excluding hydrogens is 571 g/mol. The van der Waals surface area contributed by atoms with E-state index in [4.69, 9.17) is 16.3 Å². The number of H-pyrrole nitrogens is 1. The van der Waals surface area contributed by atoms with Gasteiger partial charge in [-0.3, -0.25) is 14.4 Å². The van der Waals surface area contributed by atoms with Crippen molar-refractivity contribution in [2.24, 2.45) is 0 Å². The number of nitrogens with one attached hydrogen (secondary N) is 3. The molecule has 42 heavy (non-hydrogen) atoms. The van der Waals surface area contributed by atoms with Crippen molar-refractivity contribution in [2.75, 3.05) is 6.54 Å². The fourth-order valence-corrected chi connectivity index (χ4v) is 5.05. The first kappa shape index (κ1) is 28.7. The predicted octanol–water partition coefficient (Wildman–Crippen LogP) is 2.75. The van der Waals surface area contributed by atoms with Crippen LogP contribution in [0.2, 0.25) is 5.02 Å². The average Bonchev–Trinajstić information content (AvgIpc) is 3.73. The molecule has 218 valence electrons. The largest absolute Gasteiger partial charge is 0.412 e. The van der Waals surface area contributed by atoms with Crippen molar-refractivity contribution in [3.63, 3.8) is 0 Å². The fraction of sp³-hybridized carbons (Fsp3) is 0.296. The zero-order valence-electron chi connectivity index (χ0n) is 22.4. The molecule has 1 aliphatic rings. The number of fused-ring (bicyclic) bond motifs is 1. The van der Waals surface area contributed by atoms with E-state index in [9.17, 15) is 23.6 Å². The molecule has 0 spiro atoms. The van der Waals surface area contributed by atoms with Gasteiger partial charge in [-0.05, 0) is 38.0 Å². The van der Waals surface area contributed by atoms with Gasteiger partial charge in [-0.15, -0.1) is 10.2 Å². The second-order valence-electron chi connectivity index (χ2n) is 9.65. The van der Waals surface area contributed by atoms with Gasteiger partial charge >= 0.3 is 6.09 Å². The van der Waals surface area contributed by atoms with Gasteiger partial charge in [-0.1, -0.05) is 28.9 Å². The molecular formula is C27H26ClFN8O5. The van der Waals surface area contributed by atoms with Gasteiger partial charge in [-0.25, -0.2) is 9.18 Å². The molecule has 1 atom stereocenters. The highest BCUT2D eigenvalue weighted by molar-refractivity contribution is 6.30. The summed E-state index contributed by atoms with van der Waals surface area (Å²) in [4.78, 5) is 52.5. The van der Waals surface area contributed by atoms with Crippen LogP contribution < -0.4 is 15.4 Å². The molecule has 15 heteroatoms. The van der Waals surface area contributed by atoms with Gasteiger partial charge in [-0.2, -0.15) is 5.21 Å². The third-order valence-corrected chi connectivity index (χ3v) is 7.18. The normalized spacial score (nSPS) is 14.6. The van der Waals surface area contributed by atoms with Gasteiger partial charge in [0.05, 0.1) is 17.1 Å². The monoisotopic (exact) mass is 596 g/mol. The number of aromatic amines is 1. The van der Waals surface area contributed by atoms with E-state index in [2.05, 4.69) is 31.3 Å². The van der Waals surface area contributed by atoms with E-state index in [1.807, 2.05) is 0 Å². The maximum absolute atomic E-state index is 14.2. The van der Waals surface area contributed by atoms with Crippen molar-refractivity contribution >= 4 is 46.2 Å². The Kier molecular flexibility index (Phi) is 8.43. The number of amides is 3. The number of hydrogen-bond donors (Lipinski definition) is 3. The van der Waals surface area contributed by atoms with Crippen molar-refractivity contribution in [2.45, 2.75) is 45.4 Å². The molecule has 2 aromatic carbocycles. The van der Waals surface area contributed by atoms with Crippen LogP contribution >= 0.6 is 11.6 Å². The Labute approximate surface area is 243 Å². The standard InChI is InChI=1S/C27H26ClFN8O5/c1-15(38)19-13-36(22-10-17(7-8-18(19)22)42-27(41)31-12-23-32-34-35-33-23)14-24(39)37-9-3-6-21(37)26(40)30-11-16-4-2-5-20(28)25(16)29/h2,4-5,7-8,10,13,21H,3,6,9,11-12,14H2,1H3,(H,30,40)(H,31,41)(H,32,33,34,35)/t21-/m0/s1. The maximum Gasteiger partial charge on any atom is 0.412 e. The number of nitrogens with zero attached hydrogens (tertiary/aromatic N) is 5. The molecule has 4 aromatic rings. The Morgan fingerprint density at radius 3 is 2.76 bits per heavy atom. The van der Waals surface area contributed by atoms with Gasteiger partial charge in [0.2, 0.25) is 11.8 Å². The summed E-state index contributed by atoms with van der Waals surface area (Å²) in [5.41, 5.74) is 1.13. The third-order valence-electron chi connectivity index (χ3n) is 6.89. The summed E-state index contributed by atoms with van der Waals surface area (Å²) in [6.07, 6.45) is 1.89. The molecule has 1 fully saturated rings. The highest BCUT2D eigenvalue weighted by atomic mass is 35.5. The van der Waals surface area contributed by atoms with E-state index in [-0.39, 0.29) is 53.5 Å². The number of carbonyl (C=O) groups excluding carboxylic acids is 4. The number of carbonyl (C=O) groups is 4. The number of halogens is 2. The topological polar surface area (TPSA) is 164 Å². The minimum atomic E-state index is -0.760. The molecule has 0 radical (unpaired) electrons. The highest BCUT2D eigenvalue weighted by Crippen LogP contribution is 2.28. The summed E-state index contributed by atoms with van der Waals surface area (Å²) in [6.45, 7) is 1.55. The molecule has 3 amide bonds. The molecule has 3 N–H and O–H groups in total. The second-order valence-corrected chi connectivity index (χ2v) is 10.1. The molecule has 13 nitrogen and oxygen atoms in total. The number of aromatic nitrogens is 5. The molecule has 0 aliphatic carbocycles. The minimum absolute atomic E-state index is 0.00441. The first-order valence-electron chi connectivity index (χ1n) is 13.0. The van der Waals surface area contributed by atoms with Gasteiger partial charge in [0.15, 0.2) is 11.6 Å². The lowest BCUT2D eigenvalue weighted by Crippen LogP contribution is -2.46. The number of ketones is 1. The van der Waals surface area contributed by atoms with Crippen LogP contribution in [0.5, 0.6) is 5.75 Å². The lowest BCUT2D eigenvalue weighted by Gasteiger charge is -2.24. The van der Waals surface area contributed by atoms with Crippen LogP contribution in [0.25, 0.3) is 10.9 Å². The van der Waals surface area contributed by atoms with E-state index in [0.717, 1.165) is 0 Å². The van der Waals surface area contributed by atoms with Crippen molar-refractivity contribution in [1.82, 2.24) is 40.7 Å². The Morgan fingerprint density at radius 2 is 2.00 bits per heavy atom. The summed E-state index contributed by atoms with van der Waals surface area (Å²) in [6, 6.07) is 8.54. The molecule has 3 heterocycles. The molecule has 1 aliphatic heterocycles. The highest BCUT2D eigenvalue weighted by Gasteiger charge is 2.34. The number of ether oxygens (including phenoxy) is 1. The minimum Gasteiger partial charge on any atom is -0.410 e. The van der Waals surface area contributed by atoms with Crippen molar-refractivity contribution in [1.29, 1.82) is 0 Å². The van der Waals surface area contributed by atoms with Crippen LogP contribution in [-0.2, 0) is 29.2 Å². The first-order valence-corrected chi connectivity index (χ1v) is 13.4. The zero-order chi connectivity index (χ0) is 29.8. The average molecular weight is 597 g/mol. The summed E-state index contributed by atoms with van der Waals surface area (Å²) in [5, 5.41) is 18.9. The van der Waals surface area contributed by atoms with E-state index in [0.29, 0.717) is 35.9 Å². The number of likely N-dealkylation sites (tertiary alicyclic amines) is 1. The molecule has 1 saturated heterocycles. The zero-order valence-corrected chi connectivity index (χ0v) is 23.2. The third kappa shape index (κ3) is 6.22. The molecule has 5 rings (SSSR count). The van der Waals surface area contributed by atoms with Crippen LogP contribution in [-0.4, -0.2) is 66.4 Å². The quantitative estimate of drug-likeness (QED) is 0.248. The molecule has 0 bridgehead atoms. The maximum atomic E-state index is 14.2. The lowest BCUT2D eigenvalue weighted by atomic mass is 10.1. The van der Waals surface area contributed by atoms with E-state index in [1.165, 1.54) is 24.0 Å². The van der Waals surface area contributed by atoms with Crippen molar-refractivity contribution in [3.05, 3.63) is 70.4 Å². The number of Topliss-reactive ketones (excluding diaryl/α,β-unsaturated/α-hetero) is 1. The fourth-order valence-electron chi connectivity index (χ4n) is 4.86. The van der Waals surface area contributed by atoms with E-state index in [1.54, 1.807) is 35.0 Å². The SMILES string of the molecule is CC(=O)c1cn(CC(=O)N2CCC[C@H]2C(=O)NCc2cccc(Cl)c2F)c2cc(OC(=O)NCc3nn[nH]n3)ccc12. The number of rotatable bonds is 9. The first-order chi connectivity index (χ1) is 20.2. The van der Waals surface area contributed by atoms with Crippen LogP contribution in [0, 0.1) is 5.82 Å². The van der Waals surface area contributed by atoms with Gasteiger partial charge < -0.3 is 24.8 Å². The summed E-state index contributed by atoms with van der Waals surface area (Å²) < 4.78 is 21.2. The summed E-state index contributed by atoms with van der Waals surface area (Å²) in [7, 11) is 0. The van der Waals surface area contributed by atoms with Crippen molar-refractivity contribution in [3.8, 4) is 5.75 Å². The van der Waals surface area contributed by atoms with Crippen LogP contribution in [0.3, 0.4) is 0 Å². The van der Waals surface area contributed by atoms with Crippen LogP contribution in [0.4, 0.5) is 9.18 Å². The van der Waals surface area contributed by atoms with E-state index < -0.39 is 23.9 Å². The lowest BCUT2D eigenvalue weighted by molar-refractivity contribution is -0.138. The van der Waals surface area contributed by atoms with Gasteiger partial charge in [0, 0.05) is 41.9 Å². The van der Waals surface area contributed by atoms with Crippen LogP contribution in [0.1, 0.15) is 41.5 Å². The van der Waals surface area contributed by atoms with E-state index >= 15 is 0 Å². The number of tetrazole rings is 1. The Morgan fingerprint density at radius 1 is 1.17 bits per heavy atom. The predicted molar refractivity (Wildman–Crippen MR) is 147 cm³/mol. The van der Waals surface area contributed by atoms with Crippen LogP contribution in [0.15, 0.2) is 42.6 Å².